The number of hydrogen-bond acceptors (Lipinski definition) is 2. The molecule has 0 saturated carbocycles. The van der Waals surface area contributed by atoms with E-state index in [1.807, 2.05) is 18.2 Å². The van der Waals surface area contributed by atoms with Crippen molar-refractivity contribution in [3.05, 3.63) is 60.2 Å². The summed E-state index contributed by atoms with van der Waals surface area (Å²) in [6.07, 6.45) is -0.544. The third kappa shape index (κ3) is 2.21. The zero-order valence-corrected chi connectivity index (χ0v) is 10.9. The summed E-state index contributed by atoms with van der Waals surface area (Å²) in [4.78, 5) is 0. The summed E-state index contributed by atoms with van der Waals surface area (Å²) in [6.45, 7) is 1.72. The van der Waals surface area contributed by atoms with Gasteiger partial charge in [-0.2, -0.15) is 0 Å². The predicted molar refractivity (Wildman–Crippen MR) is 80.1 cm³/mol. The highest BCUT2D eigenvalue weighted by Gasteiger charge is 2.12. The summed E-state index contributed by atoms with van der Waals surface area (Å²) in [6, 6.07) is 18.5. The molecule has 0 aliphatic heterocycles. The van der Waals surface area contributed by atoms with Gasteiger partial charge in [0.15, 0.2) is 0 Å². The number of benzene rings is 3. The van der Waals surface area contributed by atoms with E-state index < -0.39 is 6.10 Å². The Hall–Kier alpha value is -1.90. The van der Waals surface area contributed by atoms with Crippen LogP contribution in [-0.4, -0.2) is 11.2 Å². The normalized spacial score (nSPS) is 14.7. The highest BCUT2D eigenvalue weighted by atomic mass is 16.3. The minimum Gasteiger partial charge on any atom is -0.391 e. The molecule has 2 nitrogen and oxygen atoms in total. The third-order valence-electron chi connectivity index (χ3n) is 3.63. The van der Waals surface area contributed by atoms with Crippen LogP contribution in [0.4, 0.5) is 0 Å². The third-order valence-corrected chi connectivity index (χ3v) is 3.63. The monoisotopic (exact) mass is 251 g/mol. The fourth-order valence-corrected chi connectivity index (χ4v) is 2.44. The van der Waals surface area contributed by atoms with Crippen LogP contribution in [0.2, 0.25) is 0 Å². The van der Waals surface area contributed by atoms with Crippen molar-refractivity contribution in [1.82, 2.24) is 0 Å². The molecule has 0 aromatic heterocycles. The molecule has 0 amide bonds. The number of aliphatic hydroxyl groups excluding tert-OH is 1. The number of nitrogens with two attached hydrogens (primary N) is 1. The van der Waals surface area contributed by atoms with Crippen molar-refractivity contribution in [1.29, 1.82) is 0 Å². The molecule has 0 aliphatic carbocycles. The van der Waals surface area contributed by atoms with Crippen molar-refractivity contribution in [2.75, 3.05) is 0 Å². The highest BCUT2D eigenvalue weighted by Crippen LogP contribution is 2.26. The number of fused-ring (bicyclic) bond motifs is 2. The summed E-state index contributed by atoms with van der Waals surface area (Å²) in [5, 5.41) is 14.4. The zero-order valence-electron chi connectivity index (χ0n) is 10.9. The van der Waals surface area contributed by atoms with Crippen LogP contribution in [0, 0.1) is 0 Å². The molecule has 3 aromatic rings. The average molecular weight is 251 g/mol. The standard InChI is InChI=1S/C17H17NO/c1-11(19)17(18)15-7-6-14-8-12-4-2-3-5-13(12)9-16(14)10-15/h2-11,17,19H,18H2,1H3. The van der Waals surface area contributed by atoms with E-state index in [0.717, 1.165) is 10.9 Å². The van der Waals surface area contributed by atoms with E-state index in [2.05, 4.69) is 36.4 Å². The molecular weight excluding hydrogens is 234 g/mol. The van der Waals surface area contributed by atoms with Crippen molar-refractivity contribution in [3.63, 3.8) is 0 Å². The Kier molecular flexibility index (Phi) is 2.97. The summed E-state index contributed by atoms with van der Waals surface area (Å²) in [5.41, 5.74) is 6.96. The van der Waals surface area contributed by atoms with Gasteiger partial charge in [0.2, 0.25) is 0 Å². The number of rotatable bonds is 2. The molecule has 0 radical (unpaired) electrons. The Balaban J connectivity index is 2.19. The maximum atomic E-state index is 9.59. The fraction of sp³-hybridized carbons (Fsp3) is 0.176. The number of aliphatic hydroxyl groups is 1. The fourth-order valence-electron chi connectivity index (χ4n) is 2.44. The molecule has 0 bridgehead atoms. The molecule has 0 saturated heterocycles. The summed E-state index contributed by atoms with van der Waals surface area (Å²) < 4.78 is 0. The quantitative estimate of drug-likeness (QED) is 0.686. The molecule has 0 heterocycles. The minimum absolute atomic E-state index is 0.337. The zero-order chi connectivity index (χ0) is 13.4. The lowest BCUT2D eigenvalue weighted by molar-refractivity contribution is 0.164. The molecule has 3 aromatic carbocycles. The second-order valence-corrected chi connectivity index (χ2v) is 5.07. The van der Waals surface area contributed by atoms with Gasteiger partial charge in [-0.1, -0.05) is 36.4 Å². The van der Waals surface area contributed by atoms with Crippen molar-refractivity contribution >= 4 is 21.5 Å². The molecule has 0 fully saturated rings. The van der Waals surface area contributed by atoms with Crippen LogP contribution < -0.4 is 5.73 Å². The van der Waals surface area contributed by atoms with Crippen molar-refractivity contribution in [2.45, 2.75) is 19.1 Å². The Morgan fingerprint density at radius 1 is 0.842 bits per heavy atom. The van der Waals surface area contributed by atoms with Gasteiger partial charge in [0, 0.05) is 0 Å². The molecule has 0 spiro atoms. The van der Waals surface area contributed by atoms with E-state index in [4.69, 9.17) is 5.73 Å². The first-order valence-corrected chi connectivity index (χ1v) is 6.51. The molecular formula is C17H17NO. The van der Waals surface area contributed by atoms with Crippen LogP contribution in [0.15, 0.2) is 54.6 Å². The first-order chi connectivity index (χ1) is 9.15. The second-order valence-electron chi connectivity index (χ2n) is 5.07. The van der Waals surface area contributed by atoms with Crippen molar-refractivity contribution in [2.24, 2.45) is 5.73 Å². The maximum absolute atomic E-state index is 9.59. The number of hydrogen-bond donors (Lipinski definition) is 2. The Morgan fingerprint density at radius 2 is 1.42 bits per heavy atom. The van der Waals surface area contributed by atoms with Crippen LogP contribution in [0.5, 0.6) is 0 Å². The SMILES string of the molecule is CC(O)C(N)c1ccc2cc3ccccc3cc2c1. The van der Waals surface area contributed by atoms with Gasteiger partial charge in [0.25, 0.3) is 0 Å². The Bertz CT molecular complexity index is 733. The topological polar surface area (TPSA) is 46.2 Å². The molecule has 2 heteroatoms. The van der Waals surface area contributed by atoms with Gasteiger partial charge >= 0.3 is 0 Å². The predicted octanol–water partition coefficient (Wildman–Crippen LogP) is 3.37. The molecule has 3 rings (SSSR count). The van der Waals surface area contributed by atoms with E-state index >= 15 is 0 Å². The van der Waals surface area contributed by atoms with Gasteiger partial charge in [-0.25, -0.2) is 0 Å². The van der Waals surface area contributed by atoms with Crippen LogP contribution >= 0.6 is 0 Å². The maximum Gasteiger partial charge on any atom is 0.0704 e. The van der Waals surface area contributed by atoms with Gasteiger partial charge in [-0.15, -0.1) is 0 Å². The second kappa shape index (κ2) is 4.65. The van der Waals surface area contributed by atoms with Gasteiger partial charge < -0.3 is 10.8 Å². The first-order valence-electron chi connectivity index (χ1n) is 6.51. The average Bonchev–Trinajstić information content (AvgIpc) is 2.43. The summed E-state index contributed by atoms with van der Waals surface area (Å²) in [7, 11) is 0. The molecule has 2 atom stereocenters. The van der Waals surface area contributed by atoms with Crippen molar-refractivity contribution in [3.8, 4) is 0 Å². The smallest absolute Gasteiger partial charge is 0.0704 e. The largest absolute Gasteiger partial charge is 0.391 e. The van der Waals surface area contributed by atoms with Crippen LogP contribution in [0.3, 0.4) is 0 Å². The molecule has 19 heavy (non-hydrogen) atoms. The van der Waals surface area contributed by atoms with E-state index in [-0.39, 0.29) is 6.04 Å². The molecule has 2 unspecified atom stereocenters. The molecule has 3 N–H and O–H groups in total. The van der Waals surface area contributed by atoms with Crippen LogP contribution in [-0.2, 0) is 0 Å². The van der Waals surface area contributed by atoms with Crippen LogP contribution in [0.25, 0.3) is 21.5 Å². The highest BCUT2D eigenvalue weighted by molar-refractivity contribution is 5.98. The van der Waals surface area contributed by atoms with Gasteiger partial charge in [0.1, 0.15) is 0 Å². The lowest BCUT2D eigenvalue weighted by Crippen LogP contribution is -2.22. The van der Waals surface area contributed by atoms with Crippen molar-refractivity contribution < 1.29 is 5.11 Å². The summed E-state index contributed by atoms with van der Waals surface area (Å²) in [5.74, 6) is 0. The molecule has 96 valence electrons. The van der Waals surface area contributed by atoms with Gasteiger partial charge in [-0.3, -0.25) is 0 Å². The Morgan fingerprint density at radius 3 is 2.05 bits per heavy atom. The van der Waals surface area contributed by atoms with Crippen LogP contribution in [0.1, 0.15) is 18.5 Å². The van der Waals surface area contributed by atoms with E-state index in [1.165, 1.54) is 16.2 Å². The van der Waals surface area contributed by atoms with Gasteiger partial charge in [-0.05, 0) is 52.2 Å². The van der Waals surface area contributed by atoms with E-state index in [1.54, 1.807) is 6.92 Å². The minimum atomic E-state index is -0.544. The molecule has 0 aliphatic rings. The van der Waals surface area contributed by atoms with E-state index in [9.17, 15) is 5.11 Å². The van der Waals surface area contributed by atoms with Gasteiger partial charge in [0.05, 0.1) is 12.1 Å². The Labute approximate surface area is 112 Å². The first kappa shape index (κ1) is 12.2. The lowest BCUT2D eigenvalue weighted by Gasteiger charge is -2.15. The lowest BCUT2D eigenvalue weighted by atomic mass is 9.97. The van der Waals surface area contributed by atoms with E-state index in [0.29, 0.717) is 0 Å². The summed E-state index contributed by atoms with van der Waals surface area (Å²) >= 11 is 0.